The van der Waals surface area contributed by atoms with Crippen LogP contribution in [0, 0.1) is 6.92 Å². The number of carbonyl (C=O) groups excluding carboxylic acids is 1. The predicted octanol–water partition coefficient (Wildman–Crippen LogP) is 4.12. The Morgan fingerprint density at radius 3 is 2.35 bits per heavy atom. The third kappa shape index (κ3) is 6.42. The van der Waals surface area contributed by atoms with E-state index >= 15 is 0 Å². The monoisotopic (exact) mass is 430 g/mol. The molecule has 0 saturated carbocycles. The fourth-order valence-corrected chi connectivity index (χ4v) is 3.29. The molecule has 8 heteroatoms. The van der Waals surface area contributed by atoms with Crippen molar-refractivity contribution in [1.82, 2.24) is 20.4 Å². The van der Waals surface area contributed by atoms with Crippen LogP contribution in [0.2, 0.25) is 0 Å². The van der Waals surface area contributed by atoms with E-state index in [0.717, 1.165) is 16.9 Å². The smallest absolute Gasteiger partial charge is 0.355 e. The molecule has 0 saturated heterocycles. The molecule has 1 aromatic heterocycles. The van der Waals surface area contributed by atoms with Gasteiger partial charge in [-0.05, 0) is 43.0 Å². The van der Waals surface area contributed by atoms with Crippen LogP contribution in [0.1, 0.15) is 29.3 Å². The first-order chi connectivity index (χ1) is 14.8. The highest BCUT2D eigenvalue weighted by Gasteiger charge is 2.40. The minimum Gasteiger partial charge on any atom is -0.355 e. The van der Waals surface area contributed by atoms with Crippen LogP contribution in [0.5, 0.6) is 0 Å². The summed E-state index contributed by atoms with van der Waals surface area (Å²) in [6, 6.07) is 15.4. The average Bonchev–Trinajstić information content (AvgIpc) is 3.12. The lowest BCUT2D eigenvalue weighted by Crippen LogP contribution is -2.41. The molecule has 2 N–H and O–H groups in total. The number of nitrogens with zero attached hydrogens (tertiary/aromatic N) is 2. The molecule has 0 radical (unpaired) electrons. The van der Waals surface area contributed by atoms with Gasteiger partial charge in [0.2, 0.25) is 5.91 Å². The zero-order valence-corrected chi connectivity index (χ0v) is 17.2. The standard InChI is InChI=1S/C23H25F3N4O/c1-17-19(16-30(29-17)20-12-6-3-7-13-20)11-8-14-27-21(31)15-28-22(23(24,25)26)18-9-4-2-5-10-18/h2-7,9-10,12-13,16,22,28H,8,11,14-15H2,1H3,(H,27,31). The molecule has 1 heterocycles. The molecule has 5 nitrogen and oxygen atoms in total. The fraction of sp³-hybridized carbons (Fsp3) is 0.304. The number of para-hydroxylation sites is 1. The zero-order valence-electron chi connectivity index (χ0n) is 17.2. The van der Waals surface area contributed by atoms with Crippen molar-refractivity contribution >= 4 is 5.91 Å². The van der Waals surface area contributed by atoms with Crippen LogP contribution in [-0.4, -0.2) is 35.0 Å². The van der Waals surface area contributed by atoms with Gasteiger partial charge in [0.15, 0.2) is 0 Å². The third-order valence-corrected chi connectivity index (χ3v) is 4.89. The van der Waals surface area contributed by atoms with Crippen molar-refractivity contribution in [3.63, 3.8) is 0 Å². The Morgan fingerprint density at radius 2 is 1.71 bits per heavy atom. The summed E-state index contributed by atoms with van der Waals surface area (Å²) in [6.45, 7) is 1.89. The van der Waals surface area contributed by atoms with Gasteiger partial charge in [0.05, 0.1) is 17.9 Å². The van der Waals surface area contributed by atoms with Gasteiger partial charge in [-0.3, -0.25) is 10.1 Å². The van der Waals surface area contributed by atoms with E-state index in [4.69, 9.17) is 0 Å². The molecular formula is C23H25F3N4O. The first-order valence-electron chi connectivity index (χ1n) is 10.1. The van der Waals surface area contributed by atoms with Gasteiger partial charge in [-0.2, -0.15) is 18.3 Å². The summed E-state index contributed by atoms with van der Waals surface area (Å²) in [6.07, 6.45) is -1.16. The number of aryl methyl sites for hydroxylation is 2. The Labute approximate surface area is 179 Å². The molecule has 3 aromatic rings. The third-order valence-electron chi connectivity index (χ3n) is 4.89. The molecule has 164 valence electrons. The molecule has 1 atom stereocenters. The van der Waals surface area contributed by atoms with Gasteiger partial charge in [0.25, 0.3) is 0 Å². The largest absolute Gasteiger partial charge is 0.407 e. The highest BCUT2D eigenvalue weighted by molar-refractivity contribution is 5.78. The lowest BCUT2D eigenvalue weighted by molar-refractivity contribution is -0.158. The topological polar surface area (TPSA) is 59.0 Å². The van der Waals surface area contributed by atoms with Crippen molar-refractivity contribution in [2.24, 2.45) is 0 Å². The quantitative estimate of drug-likeness (QED) is 0.502. The van der Waals surface area contributed by atoms with Crippen molar-refractivity contribution in [2.75, 3.05) is 13.1 Å². The van der Waals surface area contributed by atoms with Crippen molar-refractivity contribution < 1.29 is 18.0 Å². The van der Waals surface area contributed by atoms with Crippen LogP contribution in [0.4, 0.5) is 13.2 Å². The van der Waals surface area contributed by atoms with E-state index in [1.165, 1.54) is 24.3 Å². The molecular weight excluding hydrogens is 405 g/mol. The maximum absolute atomic E-state index is 13.3. The SMILES string of the molecule is Cc1nn(-c2ccccc2)cc1CCCNC(=O)CNC(c1ccccc1)C(F)(F)F. The minimum absolute atomic E-state index is 0.0775. The fourth-order valence-electron chi connectivity index (χ4n) is 3.29. The van der Waals surface area contributed by atoms with E-state index in [1.54, 1.807) is 6.07 Å². The second kappa shape index (κ2) is 10.3. The molecule has 1 amide bonds. The Kier molecular flexibility index (Phi) is 7.46. The number of aromatic nitrogens is 2. The van der Waals surface area contributed by atoms with Crippen LogP contribution >= 0.6 is 0 Å². The van der Waals surface area contributed by atoms with Gasteiger partial charge in [-0.15, -0.1) is 0 Å². The van der Waals surface area contributed by atoms with Crippen molar-refractivity contribution in [2.45, 2.75) is 32.0 Å². The molecule has 0 aliphatic heterocycles. The van der Waals surface area contributed by atoms with Gasteiger partial charge in [0, 0.05) is 12.7 Å². The second-order valence-corrected chi connectivity index (χ2v) is 7.24. The summed E-state index contributed by atoms with van der Waals surface area (Å²) >= 11 is 0. The number of nitrogens with one attached hydrogen (secondary N) is 2. The van der Waals surface area contributed by atoms with Crippen LogP contribution < -0.4 is 10.6 Å². The number of halogens is 3. The lowest BCUT2D eigenvalue weighted by Gasteiger charge is -2.21. The van der Waals surface area contributed by atoms with E-state index in [0.29, 0.717) is 19.4 Å². The molecule has 3 rings (SSSR count). The van der Waals surface area contributed by atoms with E-state index in [9.17, 15) is 18.0 Å². The summed E-state index contributed by atoms with van der Waals surface area (Å²) in [7, 11) is 0. The number of alkyl halides is 3. The van der Waals surface area contributed by atoms with Crippen molar-refractivity contribution in [3.8, 4) is 5.69 Å². The molecule has 0 aliphatic carbocycles. The summed E-state index contributed by atoms with van der Waals surface area (Å²) in [5.74, 6) is -0.470. The van der Waals surface area contributed by atoms with Gasteiger partial charge in [-0.25, -0.2) is 4.68 Å². The molecule has 31 heavy (non-hydrogen) atoms. The Hall–Kier alpha value is -3.13. The average molecular weight is 430 g/mol. The number of benzene rings is 2. The second-order valence-electron chi connectivity index (χ2n) is 7.24. The number of amides is 1. The Balaban J connectivity index is 1.45. The lowest BCUT2D eigenvalue weighted by atomic mass is 10.1. The maximum atomic E-state index is 13.3. The van der Waals surface area contributed by atoms with Crippen molar-refractivity contribution in [3.05, 3.63) is 83.7 Å². The van der Waals surface area contributed by atoms with Gasteiger partial charge < -0.3 is 5.32 Å². The normalized spacial score (nSPS) is 12.5. The van der Waals surface area contributed by atoms with Crippen LogP contribution in [0.25, 0.3) is 5.69 Å². The molecule has 0 aliphatic rings. The number of carbonyl (C=O) groups is 1. The summed E-state index contributed by atoms with van der Waals surface area (Å²) in [5, 5.41) is 9.50. The molecule has 2 aromatic carbocycles. The highest BCUT2D eigenvalue weighted by atomic mass is 19.4. The van der Waals surface area contributed by atoms with Crippen LogP contribution in [0.3, 0.4) is 0 Å². The number of hydrogen-bond donors (Lipinski definition) is 2. The number of rotatable bonds is 9. The molecule has 0 fully saturated rings. The van der Waals surface area contributed by atoms with E-state index in [1.807, 2.05) is 48.1 Å². The summed E-state index contributed by atoms with van der Waals surface area (Å²) in [5.41, 5.74) is 3.02. The minimum atomic E-state index is -4.49. The van der Waals surface area contributed by atoms with Crippen LogP contribution in [0.15, 0.2) is 66.9 Å². The highest BCUT2D eigenvalue weighted by Crippen LogP contribution is 2.32. The van der Waals surface area contributed by atoms with Crippen LogP contribution in [-0.2, 0) is 11.2 Å². The Bertz CT molecular complexity index is 971. The van der Waals surface area contributed by atoms with E-state index < -0.39 is 24.7 Å². The zero-order chi connectivity index (χ0) is 22.3. The first-order valence-corrected chi connectivity index (χ1v) is 10.1. The molecule has 1 unspecified atom stereocenters. The number of hydrogen-bond acceptors (Lipinski definition) is 3. The summed E-state index contributed by atoms with van der Waals surface area (Å²) < 4.78 is 41.7. The first kappa shape index (κ1) is 22.6. The van der Waals surface area contributed by atoms with Gasteiger partial charge >= 0.3 is 6.18 Å². The van der Waals surface area contributed by atoms with E-state index in [2.05, 4.69) is 15.7 Å². The van der Waals surface area contributed by atoms with E-state index in [-0.39, 0.29) is 5.56 Å². The molecule has 0 bridgehead atoms. The predicted molar refractivity (Wildman–Crippen MR) is 113 cm³/mol. The Morgan fingerprint density at radius 1 is 1.06 bits per heavy atom. The molecule has 0 spiro atoms. The van der Waals surface area contributed by atoms with Gasteiger partial charge in [0.1, 0.15) is 6.04 Å². The van der Waals surface area contributed by atoms with Gasteiger partial charge in [-0.1, -0.05) is 48.5 Å². The van der Waals surface area contributed by atoms with Crippen molar-refractivity contribution in [1.29, 1.82) is 0 Å². The summed E-state index contributed by atoms with van der Waals surface area (Å²) in [4.78, 5) is 12.0. The maximum Gasteiger partial charge on any atom is 0.407 e.